The Morgan fingerprint density at radius 3 is 2.50 bits per heavy atom. The topological polar surface area (TPSA) is 130 Å². The molecule has 0 fully saturated rings. The fourth-order valence-electron chi connectivity index (χ4n) is 3.66. The highest BCUT2D eigenvalue weighted by Gasteiger charge is 2.23. The van der Waals surface area contributed by atoms with Crippen LogP contribution in [0.3, 0.4) is 0 Å². The molecular formula is C25H28N4O5. The molecule has 2 aromatic rings. The molecule has 3 N–H and O–H groups in total. The van der Waals surface area contributed by atoms with Crippen molar-refractivity contribution in [3.05, 3.63) is 88.0 Å². The van der Waals surface area contributed by atoms with Crippen LogP contribution < -0.4 is 16.0 Å². The smallest absolute Gasteiger partial charge is 0.269 e. The Morgan fingerprint density at radius 1 is 1.06 bits per heavy atom. The third-order valence-electron chi connectivity index (χ3n) is 5.58. The van der Waals surface area contributed by atoms with Crippen molar-refractivity contribution < 1.29 is 19.3 Å². The van der Waals surface area contributed by atoms with E-state index in [9.17, 15) is 24.5 Å². The van der Waals surface area contributed by atoms with Crippen LogP contribution in [0.2, 0.25) is 0 Å². The second-order valence-corrected chi connectivity index (χ2v) is 8.12. The van der Waals surface area contributed by atoms with Crippen LogP contribution >= 0.6 is 0 Å². The molecule has 1 aliphatic rings. The molecule has 2 atom stereocenters. The number of nitrogens with zero attached hydrogens (tertiary/aromatic N) is 1. The van der Waals surface area contributed by atoms with E-state index in [1.165, 1.54) is 12.1 Å². The van der Waals surface area contributed by atoms with Gasteiger partial charge in [0.15, 0.2) is 0 Å². The first-order valence-electron chi connectivity index (χ1n) is 11.2. The first-order valence-corrected chi connectivity index (χ1v) is 11.2. The summed E-state index contributed by atoms with van der Waals surface area (Å²) in [5.74, 6) is -1.19. The monoisotopic (exact) mass is 464 g/mol. The highest BCUT2D eigenvalue weighted by atomic mass is 16.6. The van der Waals surface area contributed by atoms with E-state index >= 15 is 0 Å². The van der Waals surface area contributed by atoms with Gasteiger partial charge in [-0.3, -0.25) is 24.5 Å². The van der Waals surface area contributed by atoms with Crippen molar-refractivity contribution in [2.75, 3.05) is 6.54 Å². The number of benzene rings is 2. The van der Waals surface area contributed by atoms with E-state index in [0.29, 0.717) is 19.3 Å². The summed E-state index contributed by atoms with van der Waals surface area (Å²) in [5, 5.41) is 19.4. The number of carbonyl (C=O) groups excluding carboxylic acids is 3. The Morgan fingerprint density at radius 2 is 1.79 bits per heavy atom. The standard InChI is InChI=1S/C25H28N4O5/c30-23-10-6-2-5-9-20(25(32)27-17-22(28-23)19-7-3-1-4-8-19)15-24(31)26-16-18-11-13-21(14-12-18)29(33)34/h1-5,7-8,11-14,20,22H,6,9-10,15-17H2,(H,26,31)(H,27,32)(H,28,30)/b5-2+/t20-,22-/m0/s1. The zero-order chi connectivity index (χ0) is 24.3. The first kappa shape index (κ1) is 24.6. The van der Waals surface area contributed by atoms with Crippen molar-refractivity contribution in [1.82, 2.24) is 16.0 Å². The number of nitro groups is 1. The molecule has 9 nitrogen and oxygen atoms in total. The molecule has 0 saturated heterocycles. The van der Waals surface area contributed by atoms with Gasteiger partial charge in [0.1, 0.15) is 0 Å². The van der Waals surface area contributed by atoms with E-state index in [1.54, 1.807) is 12.1 Å². The molecular weight excluding hydrogens is 436 g/mol. The van der Waals surface area contributed by atoms with Gasteiger partial charge in [0.05, 0.1) is 16.9 Å². The molecule has 0 aromatic heterocycles. The predicted octanol–water partition coefficient (Wildman–Crippen LogP) is 2.93. The van der Waals surface area contributed by atoms with Crippen molar-refractivity contribution in [3.63, 3.8) is 0 Å². The zero-order valence-electron chi connectivity index (χ0n) is 18.7. The molecule has 0 aliphatic carbocycles. The zero-order valence-corrected chi connectivity index (χ0v) is 18.7. The summed E-state index contributed by atoms with van der Waals surface area (Å²) in [6.45, 7) is 0.433. The minimum atomic E-state index is -0.556. The number of hydrogen-bond donors (Lipinski definition) is 3. The maximum atomic E-state index is 12.9. The number of nitro benzene ring substituents is 1. The number of allylic oxidation sites excluding steroid dienone is 2. The lowest BCUT2D eigenvalue weighted by molar-refractivity contribution is -0.384. The molecule has 1 aliphatic heterocycles. The fraction of sp³-hybridized carbons (Fsp3) is 0.320. The van der Waals surface area contributed by atoms with Gasteiger partial charge >= 0.3 is 0 Å². The van der Waals surface area contributed by atoms with Gasteiger partial charge in [-0.25, -0.2) is 0 Å². The maximum Gasteiger partial charge on any atom is 0.269 e. The van der Waals surface area contributed by atoms with Crippen LogP contribution in [-0.4, -0.2) is 29.2 Å². The van der Waals surface area contributed by atoms with Crippen LogP contribution in [0.5, 0.6) is 0 Å². The van der Waals surface area contributed by atoms with Crippen LogP contribution in [0, 0.1) is 16.0 Å². The van der Waals surface area contributed by atoms with Crippen LogP contribution in [0.25, 0.3) is 0 Å². The van der Waals surface area contributed by atoms with Gasteiger partial charge < -0.3 is 16.0 Å². The predicted molar refractivity (Wildman–Crippen MR) is 126 cm³/mol. The molecule has 0 unspecified atom stereocenters. The molecule has 9 heteroatoms. The summed E-state index contributed by atoms with van der Waals surface area (Å²) in [5.41, 5.74) is 1.60. The number of carbonyl (C=O) groups is 3. The summed E-state index contributed by atoms with van der Waals surface area (Å²) < 4.78 is 0. The summed E-state index contributed by atoms with van der Waals surface area (Å²) >= 11 is 0. The lowest BCUT2D eigenvalue weighted by atomic mass is 9.98. The molecule has 0 spiro atoms. The van der Waals surface area contributed by atoms with Gasteiger partial charge in [-0.2, -0.15) is 0 Å². The van der Waals surface area contributed by atoms with Gasteiger partial charge in [-0.1, -0.05) is 54.6 Å². The van der Waals surface area contributed by atoms with Crippen molar-refractivity contribution in [3.8, 4) is 0 Å². The molecule has 178 valence electrons. The van der Waals surface area contributed by atoms with Crippen molar-refractivity contribution in [1.29, 1.82) is 0 Å². The maximum absolute atomic E-state index is 12.9. The first-order chi connectivity index (χ1) is 16.4. The summed E-state index contributed by atoms with van der Waals surface area (Å²) in [7, 11) is 0. The van der Waals surface area contributed by atoms with Gasteiger partial charge in [-0.15, -0.1) is 0 Å². The Bertz CT molecular complexity index is 1040. The van der Waals surface area contributed by atoms with Crippen LogP contribution in [0.15, 0.2) is 66.7 Å². The third-order valence-corrected chi connectivity index (χ3v) is 5.58. The largest absolute Gasteiger partial charge is 0.353 e. The van der Waals surface area contributed by atoms with Crippen LogP contribution in [0.4, 0.5) is 5.69 Å². The Hall–Kier alpha value is -4.01. The Labute approximate surface area is 197 Å². The number of rotatable bonds is 6. The number of amides is 3. The second kappa shape index (κ2) is 12.3. The van der Waals surface area contributed by atoms with E-state index in [1.807, 2.05) is 42.5 Å². The second-order valence-electron chi connectivity index (χ2n) is 8.12. The Balaban J connectivity index is 1.61. The van der Waals surface area contributed by atoms with Gasteiger partial charge in [0, 0.05) is 38.1 Å². The fourth-order valence-corrected chi connectivity index (χ4v) is 3.66. The van der Waals surface area contributed by atoms with Crippen molar-refractivity contribution >= 4 is 23.4 Å². The average molecular weight is 465 g/mol. The SMILES string of the molecule is O=C(C[C@@H]1C/C=C/CCC(=O)N[C@H](c2ccccc2)CNC1=O)NCc1ccc([N+](=O)[O-])cc1. The molecule has 2 aromatic carbocycles. The Kier molecular flexibility index (Phi) is 8.90. The molecule has 0 radical (unpaired) electrons. The third kappa shape index (κ3) is 7.54. The summed E-state index contributed by atoms with van der Waals surface area (Å²) in [6, 6.07) is 15.0. The average Bonchev–Trinajstić information content (AvgIpc) is 2.84. The molecule has 1 heterocycles. The van der Waals surface area contributed by atoms with Crippen LogP contribution in [-0.2, 0) is 20.9 Å². The quantitative estimate of drug-likeness (QED) is 0.344. The highest BCUT2D eigenvalue weighted by Crippen LogP contribution is 2.16. The molecule has 3 rings (SSSR count). The number of nitrogens with one attached hydrogen (secondary N) is 3. The normalized spacial score (nSPS) is 20.1. The van der Waals surface area contributed by atoms with E-state index < -0.39 is 10.8 Å². The highest BCUT2D eigenvalue weighted by molar-refractivity contribution is 5.86. The van der Waals surface area contributed by atoms with Crippen molar-refractivity contribution in [2.45, 2.75) is 38.3 Å². The summed E-state index contributed by atoms with van der Waals surface area (Å²) in [6.07, 6.45) is 4.97. The molecule has 34 heavy (non-hydrogen) atoms. The molecule has 0 saturated carbocycles. The minimum Gasteiger partial charge on any atom is -0.353 e. The van der Waals surface area contributed by atoms with Gasteiger partial charge in [-0.05, 0) is 24.0 Å². The minimum absolute atomic E-state index is 0.00547. The molecule has 3 amide bonds. The van der Waals surface area contributed by atoms with Crippen LogP contribution in [0.1, 0.15) is 42.9 Å². The van der Waals surface area contributed by atoms with Gasteiger partial charge in [0.25, 0.3) is 5.69 Å². The lowest BCUT2D eigenvalue weighted by Gasteiger charge is -2.22. The molecule has 0 bridgehead atoms. The van der Waals surface area contributed by atoms with Gasteiger partial charge in [0.2, 0.25) is 17.7 Å². The van der Waals surface area contributed by atoms with E-state index in [0.717, 1.165) is 11.1 Å². The van der Waals surface area contributed by atoms with Crippen molar-refractivity contribution in [2.24, 2.45) is 5.92 Å². The number of non-ortho nitro benzene ring substituents is 1. The van der Waals surface area contributed by atoms with E-state index in [4.69, 9.17) is 0 Å². The van der Waals surface area contributed by atoms with E-state index in [2.05, 4.69) is 16.0 Å². The van der Waals surface area contributed by atoms with E-state index in [-0.39, 0.29) is 49.0 Å². The lowest BCUT2D eigenvalue weighted by Crippen LogP contribution is -2.41. The summed E-state index contributed by atoms with van der Waals surface area (Å²) in [4.78, 5) is 48.0. The number of hydrogen-bond acceptors (Lipinski definition) is 5.